The predicted octanol–water partition coefficient (Wildman–Crippen LogP) is 2.46. The molecule has 0 amide bonds. The largest absolute Gasteiger partial charge is 0.324 e. The van der Waals surface area contributed by atoms with Crippen LogP contribution in [0.15, 0.2) is 6.07 Å². The van der Waals surface area contributed by atoms with Gasteiger partial charge in [-0.2, -0.15) is 5.10 Å². The van der Waals surface area contributed by atoms with Gasteiger partial charge in [-0.15, -0.1) is 0 Å². The maximum Gasteiger partial charge on any atom is 0.0894 e. The average Bonchev–Trinajstić information content (AvgIpc) is 2.81. The van der Waals surface area contributed by atoms with Crippen molar-refractivity contribution in [1.29, 1.82) is 0 Å². The van der Waals surface area contributed by atoms with Crippen LogP contribution in [0.5, 0.6) is 0 Å². The Hall–Kier alpha value is -1.55. The summed E-state index contributed by atoms with van der Waals surface area (Å²) in [7, 11) is 0. The Morgan fingerprint density at radius 1 is 1.39 bits per heavy atom. The fourth-order valence-electron chi connectivity index (χ4n) is 3.12. The second kappa shape index (κ2) is 3.99. The molecule has 0 aromatic carbocycles. The molecule has 0 aliphatic heterocycles. The van der Waals surface area contributed by atoms with Crippen LogP contribution in [0.2, 0.25) is 0 Å². The van der Waals surface area contributed by atoms with Crippen molar-refractivity contribution < 1.29 is 0 Å². The second-order valence-corrected chi connectivity index (χ2v) is 5.30. The minimum Gasteiger partial charge on any atom is -0.324 e. The highest BCUT2D eigenvalue weighted by Crippen LogP contribution is 2.33. The van der Waals surface area contributed by atoms with Crippen molar-refractivity contribution in [2.75, 3.05) is 0 Å². The van der Waals surface area contributed by atoms with Gasteiger partial charge < -0.3 is 10.3 Å². The zero-order chi connectivity index (χ0) is 12.9. The quantitative estimate of drug-likeness (QED) is 0.809. The SMILES string of the molecule is Cc1n[nH]c(C)c1-n1c(C)cc2c1CCCC2N. The van der Waals surface area contributed by atoms with E-state index >= 15 is 0 Å². The van der Waals surface area contributed by atoms with Crippen LogP contribution in [0.1, 0.15) is 47.2 Å². The van der Waals surface area contributed by atoms with E-state index in [0.29, 0.717) is 0 Å². The van der Waals surface area contributed by atoms with E-state index in [2.05, 4.69) is 34.7 Å². The minimum absolute atomic E-state index is 0.196. The Morgan fingerprint density at radius 3 is 2.83 bits per heavy atom. The molecule has 1 aliphatic rings. The Balaban J connectivity index is 2.25. The Labute approximate surface area is 107 Å². The van der Waals surface area contributed by atoms with E-state index in [1.54, 1.807) is 0 Å². The molecule has 4 nitrogen and oxygen atoms in total. The minimum atomic E-state index is 0.196. The summed E-state index contributed by atoms with van der Waals surface area (Å²) in [6.07, 6.45) is 3.38. The van der Waals surface area contributed by atoms with Crippen LogP contribution >= 0.6 is 0 Å². The molecule has 4 heteroatoms. The maximum absolute atomic E-state index is 6.22. The average molecular weight is 244 g/mol. The zero-order valence-corrected chi connectivity index (χ0v) is 11.2. The van der Waals surface area contributed by atoms with E-state index in [4.69, 9.17) is 5.73 Å². The van der Waals surface area contributed by atoms with Gasteiger partial charge in [0.2, 0.25) is 0 Å². The number of hydrogen-bond donors (Lipinski definition) is 2. The Morgan fingerprint density at radius 2 is 2.17 bits per heavy atom. The summed E-state index contributed by atoms with van der Waals surface area (Å²) in [6, 6.07) is 2.44. The van der Waals surface area contributed by atoms with E-state index in [1.165, 1.54) is 29.1 Å². The molecule has 18 heavy (non-hydrogen) atoms. The normalized spacial score (nSPS) is 19.0. The first-order valence-electron chi connectivity index (χ1n) is 6.58. The van der Waals surface area contributed by atoms with Crippen LogP contribution in [0.3, 0.4) is 0 Å². The Kier molecular flexibility index (Phi) is 2.55. The molecule has 0 saturated heterocycles. The molecule has 1 unspecified atom stereocenters. The van der Waals surface area contributed by atoms with Gasteiger partial charge in [0.15, 0.2) is 0 Å². The highest BCUT2D eigenvalue weighted by atomic mass is 15.2. The van der Waals surface area contributed by atoms with Crippen molar-refractivity contribution in [1.82, 2.24) is 14.8 Å². The molecular weight excluding hydrogens is 224 g/mol. The van der Waals surface area contributed by atoms with Crippen molar-refractivity contribution in [3.05, 3.63) is 34.4 Å². The lowest BCUT2D eigenvalue weighted by Gasteiger charge is -2.21. The fourth-order valence-corrected chi connectivity index (χ4v) is 3.12. The van der Waals surface area contributed by atoms with Crippen molar-refractivity contribution in [2.45, 2.75) is 46.1 Å². The van der Waals surface area contributed by atoms with E-state index in [1.807, 2.05) is 6.92 Å². The molecule has 0 radical (unpaired) electrons. The number of nitrogens with zero attached hydrogens (tertiary/aromatic N) is 2. The standard InChI is InChI=1S/C14H20N4/c1-8-7-11-12(15)5-4-6-13(11)18(8)14-9(2)16-17-10(14)3/h7,12H,4-6,15H2,1-3H3,(H,16,17). The number of aromatic amines is 1. The first kappa shape index (κ1) is 11.5. The van der Waals surface area contributed by atoms with E-state index in [9.17, 15) is 0 Å². The summed E-state index contributed by atoms with van der Waals surface area (Å²) in [5.74, 6) is 0. The fraction of sp³-hybridized carbons (Fsp3) is 0.500. The highest BCUT2D eigenvalue weighted by Gasteiger charge is 2.24. The molecular formula is C14H20N4. The van der Waals surface area contributed by atoms with E-state index < -0.39 is 0 Å². The second-order valence-electron chi connectivity index (χ2n) is 5.30. The third-order valence-corrected chi connectivity index (χ3v) is 3.96. The molecule has 0 fully saturated rings. The molecule has 96 valence electrons. The number of rotatable bonds is 1. The molecule has 3 rings (SSSR count). The monoisotopic (exact) mass is 244 g/mol. The predicted molar refractivity (Wildman–Crippen MR) is 72.0 cm³/mol. The third-order valence-electron chi connectivity index (χ3n) is 3.96. The number of aromatic nitrogens is 3. The van der Waals surface area contributed by atoms with Crippen molar-refractivity contribution >= 4 is 0 Å². The lowest BCUT2D eigenvalue weighted by molar-refractivity contribution is 0.559. The molecule has 2 aromatic heterocycles. The smallest absolute Gasteiger partial charge is 0.0894 e. The highest BCUT2D eigenvalue weighted by molar-refractivity contribution is 5.48. The van der Waals surface area contributed by atoms with E-state index in [0.717, 1.165) is 24.2 Å². The number of fused-ring (bicyclic) bond motifs is 1. The molecule has 0 saturated carbocycles. The molecule has 3 N–H and O–H groups in total. The summed E-state index contributed by atoms with van der Waals surface area (Å²) in [5.41, 5.74) is 13.5. The van der Waals surface area contributed by atoms with Gasteiger partial charge in [-0.3, -0.25) is 5.10 Å². The van der Waals surface area contributed by atoms with Crippen molar-refractivity contribution in [3.63, 3.8) is 0 Å². The number of aryl methyl sites for hydroxylation is 3. The van der Waals surface area contributed by atoms with Gasteiger partial charge in [0.25, 0.3) is 0 Å². The van der Waals surface area contributed by atoms with Gasteiger partial charge in [0, 0.05) is 17.4 Å². The first-order chi connectivity index (χ1) is 8.59. The maximum atomic E-state index is 6.22. The van der Waals surface area contributed by atoms with Crippen LogP contribution in [0.4, 0.5) is 0 Å². The van der Waals surface area contributed by atoms with Gasteiger partial charge >= 0.3 is 0 Å². The van der Waals surface area contributed by atoms with Crippen LogP contribution in [0, 0.1) is 20.8 Å². The van der Waals surface area contributed by atoms with Gasteiger partial charge in [0.1, 0.15) is 0 Å². The third kappa shape index (κ3) is 1.52. The van der Waals surface area contributed by atoms with Crippen LogP contribution in [0.25, 0.3) is 5.69 Å². The molecule has 0 spiro atoms. The summed E-state index contributed by atoms with van der Waals surface area (Å²) in [4.78, 5) is 0. The van der Waals surface area contributed by atoms with Gasteiger partial charge in [-0.1, -0.05) is 0 Å². The molecule has 0 bridgehead atoms. The van der Waals surface area contributed by atoms with Crippen molar-refractivity contribution in [3.8, 4) is 5.69 Å². The van der Waals surface area contributed by atoms with Crippen LogP contribution < -0.4 is 5.73 Å². The Bertz CT molecular complexity index is 572. The summed E-state index contributed by atoms with van der Waals surface area (Å²) in [6.45, 7) is 6.27. The van der Waals surface area contributed by atoms with Gasteiger partial charge in [-0.25, -0.2) is 0 Å². The zero-order valence-electron chi connectivity index (χ0n) is 11.2. The van der Waals surface area contributed by atoms with Gasteiger partial charge in [0.05, 0.1) is 17.1 Å². The first-order valence-corrected chi connectivity index (χ1v) is 6.58. The summed E-state index contributed by atoms with van der Waals surface area (Å²) >= 11 is 0. The van der Waals surface area contributed by atoms with Crippen LogP contribution in [-0.2, 0) is 6.42 Å². The van der Waals surface area contributed by atoms with Gasteiger partial charge in [-0.05, 0) is 51.7 Å². The number of nitrogens with one attached hydrogen (secondary N) is 1. The number of nitrogens with two attached hydrogens (primary N) is 1. The van der Waals surface area contributed by atoms with Crippen LogP contribution in [-0.4, -0.2) is 14.8 Å². The molecule has 2 heterocycles. The summed E-state index contributed by atoms with van der Waals surface area (Å²) in [5, 5.41) is 7.37. The summed E-state index contributed by atoms with van der Waals surface area (Å²) < 4.78 is 2.34. The lowest BCUT2D eigenvalue weighted by atomic mass is 9.93. The van der Waals surface area contributed by atoms with Crippen molar-refractivity contribution in [2.24, 2.45) is 5.73 Å². The molecule has 1 aliphatic carbocycles. The number of hydrogen-bond acceptors (Lipinski definition) is 2. The number of H-pyrrole nitrogens is 1. The lowest BCUT2D eigenvalue weighted by Crippen LogP contribution is -2.18. The molecule has 1 atom stereocenters. The van der Waals surface area contributed by atoms with E-state index in [-0.39, 0.29) is 6.04 Å². The molecule has 2 aromatic rings. The topological polar surface area (TPSA) is 59.6 Å².